The number of methoxy groups -OCH3 is 1. The van der Waals surface area contributed by atoms with Gasteiger partial charge in [0.1, 0.15) is 0 Å². The van der Waals surface area contributed by atoms with E-state index in [1.54, 1.807) is 7.11 Å². The van der Waals surface area contributed by atoms with E-state index in [0.717, 1.165) is 18.0 Å². The van der Waals surface area contributed by atoms with Gasteiger partial charge in [-0.25, -0.2) is 4.98 Å². The molecule has 0 spiro atoms. The van der Waals surface area contributed by atoms with Crippen LogP contribution in [0, 0.1) is 5.92 Å². The van der Waals surface area contributed by atoms with E-state index in [1.165, 1.54) is 12.8 Å². The van der Waals surface area contributed by atoms with Gasteiger partial charge in [-0.1, -0.05) is 22.0 Å². The summed E-state index contributed by atoms with van der Waals surface area (Å²) in [7, 11) is 1.65. The highest BCUT2D eigenvalue weighted by atomic mass is 79.9. The van der Waals surface area contributed by atoms with Crippen LogP contribution < -0.4 is 4.74 Å². The number of hydrogen-bond acceptors (Lipinski definition) is 2. The molecule has 0 saturated heterocycles. The number of nitrogens with zero attached hydrogens (tertiary/aromatic N) is 1. The maximum atomic E-state index is 5.09. The minimum absolute atomic E-state index is 0.585. The fraction of sp³-hybridized carbons (Fsp3) is 0.545. The first kappa shape index (κ1) is 9.97. The number of pyridine rings is 1. The first-order chi connectivity index (χ1) is 6.79. The molecule has 2 rings (SSSR count). The summed E-state index contributed by atoms with van der Waals surface area (Å²) in [4.78, 5) is 4.97. The predicted molar refractivity (Wildman–Crippen MR) is 59.9 cm³/mol. The maximum Gasteiger partial charge on any atom is 0.213 e. The van der Waals surface area contributed by atoms with E-state index in [4.69, 9.17) is 4.74 Å². The normalized spacial score (nSPS) is 17.9. The van der Waals surface area contributed by atoms with Crippen molar-refractivity contribution < 1.29 is 4.74 Å². The van der Waals surface area contributed by atoms with Gasteiger partial charge in [0.2, 0.25) is 5.88 Å². The SMILES string of the molecule is COc1cccc(CC(Br)C2CC2)n1. The van der Waals surface area contributed by atoms with Crippen LogP contribution in [0.15, 0.2) is 18.2 Å². The lowest BCUT2D eigenvalue weighted by atomic mass is 10.1. The van der Waals surface area contributed by atoms with Gasteiger partial charge in [0.05, 0.1) is 7.11 Å². The summed E-state index contributed by atoms with van der Waals surface area (Å²) in [5.41, 5.74) is 1.11. The van der Waals surface area contributed by atoms with Crippen molar-refractivity contribution in [2.75, 3.05) is 7.11 Å². The minimum Gasteiger partial charge on any atom is -0.481 e. The first-order valence-corrected chi connectivity index (χ1v) is 5.85. The molecule has 2 nitrogen and oxygen atoms in total. The Labute approximate surface area is 92.8 Å². The molecule has 0 aliphatic heterocycles. The summed E-state index contributed by atoms with van der Waals surface area (Å²) < 4.78 is 5.09. The van der Waals surface area contributed by atoms with Gasteiger partial charge in [0.15, 0.2) is 0 Å². The van der Waals surface area contributed by atoms with Gasteiger partial charge in [0.25, 0.3) is 0 Å². The number of ether oxygens (including phenoxy) is 1. The maximum absolute atomic E-state index is 5.09. The lowest BCUT2D eigenvalue weighted by Gasteiger charge is -2.08. The van der Waals surface area contributed by atoms with Gasteiger partial charge in [-0.2, -0.15) is 0 Å². The van der Waals surface area contributed by atoms with E-state index < -0.39 is 0 Å². The van der Waals surface area contributed by atoms with E-state index >= 15 is 0 Å². The van der Waals surface area contributed by atoms with Gasteiger partial charge < -0.3 is 4.74 Å². The molecule has 1 atom stereocenters. The fourth-order valence-corrected chi connectivity index (χ4v) is 2.37. The minimum atomic E-state index is 0.585. The molecule has 0 amide bonds. The Morgan fingerprint density at radius 1 is 1.57 bits per heavy atom. The Morgan fingerprint density at radius 3 is 3.00 bits per heavy atom. The molecule has 1 aliphatic rings. The smallest absolute Gasteiger partial charge is 0.213 e. The Bertz CT molecular complexity index is 312. The Morgan fingerprint density at radius 2 is 2.36 bits per heavy atom. The molecule has 0 bridgehead atoms. The van der Waals surface area contributed by atoms with Crippen molar-refractivity contribution in [3.8, 4) is 5.88 Å². The monoisotopic (exact) mass is 255 g/mol. The number of rotatable bonds is 4. The van der Waals surface area contributed by atoms with E-state index in [9.17, 15) is 0 Å². The number of hydrogen-bond donors (Lipinski definition) is 0. The van der Waals surface area contributed by atoms with Crippen molar-refractivity contribution in [1.29, 1.82) is 0 Å². The molecular formula is C11H14BrNO. The Kier molecular flexibility index (Phi) is 3.06. The molecule has 0 radical (unpaired) electrons. The van der Waals surface area contributed by atoms with Crippen LogP contribution in [0.5, 0.6) is 5.88 Å². The highest BCUT2D eigenvalue weighted by Crippen LogP contribution is 2.37. The van der Waals surface area contributed by atoms with Crippen molar-refractivity contribution in [2.24, 2.45) is 5.92 Å². The molecular weight excluding hydrogens is 242 g/mol. The Hall–Kier alpha value is -0.570. The van der Waals surface area contributed by atoms with Crippen molar-refractivity contribution >= 4 is 15.9 Å². The fourth-order valence-electron chi connectivity index (χ4n) is 1.51. The third-order valence-electron chi connectivity index (χ3n) is 2.53. The summed E-state index contributed by atoms with van der Waals surface area (Å²) in [5.74, 6) is 1.57. The average molecular weight is 256 g/mol. The lowest BCUT2D eigenvalue weighted by Crippen LogP contribution is -2.06. The van der Waals surface area contributed by atoms with Crippen LogP contribution >= 0.6 is 15.9 Å². The first-order valence-electron chi connectivity index (χ1n) is 4.93. The van der Waals surface area contributed by atoms with Gasteiger partial charge in [-0.05, 0) is 24.8 Å². The zero-order valence-corrected chi connectivity index (χ0v) is 9.83. The van der Waals surface area contributed by atoms with Crippen LogP contribution in [-0.2, 0) is 6.42 Å². The van der Waals surface area contributed by atoms with Crippen molar-refractivity contribution in [1.82, 2.24) is 4.98 Å². The molecule has 1 aromatic heterocycles. The van der Waals surface area contributed by atoms with Gasteiger partial charge in [-0.15, -0.1) is 0 Å². The van der Waals surface area contributed by atoms with Crippen LogP contribution in [0.25, 0.3) is 0 Å². The summed E-state index contributed by atoms with van der Waals surface area (Å²) >= 11 is 3.71. The molecule has 1 aliphatic carbocycles. The van der Waals surface area contributed by atoms with E-state index in [1.807, 2.05) is 12.1 Å². The number of alkyl halides is 1. The second-order valence-corrected chi connectivity index (χ2v) is 4.90. The van der Waals surface area contributed by atoms with Gasteiger partial charge in [0, 0.05) is 23.0 Å². The molecule has 1 saturated carbocycles. The van der Waals surface area contributed by atoms with Crippen LogP contribution in [0.1, 0.15) is 18.5 Å². The molecule has 1 heterocycles. The van der Waals surface area contributed by atoms with Crippen molar-refractivity contribution in [3.63, 3.8) is 0 Å². The van der Waals surface area contributed by atoms with Crippen LogP contribution in [-0.4, -0.2) is 16.9 Å². The Balaban J connectivity index is 2.00. The summed E-state index contributed by atoms with van der Waals surface area (Å²) in [6.45, 7) is 0. The third kappa shape index (κ3) is 2.47. The highest BCUT2D eigenvalue weighted by Gasteiger charge is 2.29. The van der Waals surface area contributed by atoms with E-state index in [0.29, 0.717) is 10.7 Å². The van der Waals surface area contributed by atoms with Crippen LogP contribution in [0.3, 0.4) is 0 Å². The highest BCUT2D eigenvalue weighted by molar-refractivity contribution is 9.09. The topological polar surface area (TPSA) is 22.1 Å². The largest absolute Gasteiger partial charge is 0.481 e. The molecule has 14 heavy (non-hydrogen) atoms. The molecule has 76 valence electrons. The third-order valence-corrected chi connectivity index (χ3v) is 3.60. The predicted octanol–water partition coefficient (Wildman–Crippen LogP) is 2.81. The van der Waals surface area contributed by atoms with Crippen molar-refractivity contribution in [2.45, 2.75) is 24.1 Å². The van der Waals surface area contributed by atoms with Gasteiger partial charge in [-0.3, -0.25) is 0 Å². The van der Waals surface area contributed by atoms with Crippen LogP contribution in [0.4, 0.5) is 0 Å². The summed E-state index contributed by atoms with van der Waals surface area (Å²) in [5, 5.41) is 0. The van der Waals surface area contributed by atoms with Crippen molar-refractivity contribution in [3.05, 3.63) is 23.9 Å². The quantitative estimate of drug-likeness (QED) is 0.773. The summed E-state index contributed by atoms with van der Waals surface area (Å²) in [6, 6.07) is 5.93. The summed E-state index contributed by atoms with van der Waals surface area (Å²) in [6.07, 6.45) is 3.72. The molecule has 1 aromatic rings. The second-order valence-electron chi connectivity index (χ2n) is 3.73. The van der Waals surface area contributed by atoms with E-state index in [-0.39, 0.29) is 0 Å². The molecule has 0 N–H and O–H groups in total. The zero-order valence-electron chi connectivity index (χ0n) is 8.24. The zero-order chi connectivity index (χ0) is 9.97. The molecule has 3 heteroatoms. The standard InChI is InChI=1S/C11H14BrNO/c1-14-11-4-2-3-9(13-11)7-10(12)8-5-6-8/h2-4,8,10H,5-7H2,1H3. The van der Waals surface area contributed by atoms with Gasteiger partial charge >= 0.3 is 0 Å². The second kappa shape index (κ2) is 4.30. The molecule has 1 fully saturated rings. The van der Waals surface area contributed by atoms with E-state index in [2.05, 4.69) is 27.0 Å². The van der Waals surface area contributed by atoms with Crippen LogP contribution in [0.2, 0.25) is 0 Å². The average Bonchev–Trinajstić information content (AvgIpc) is 3.01. The number of aromatic nitrogens is 1. The molecule has 0 aromatic carbocycles. The number of halogens is 1. The molecule has 1 unspecified atom stereocenters. The lowest BCUT2D eigenvalue weighted by molar-refractivity contribution is 0.396.